The Balaban J connectivity index is 0.00000192. The van der Waals surface area contributed by atoms with E-state index in [0.717, 1.165) is 29.6 Å². The van der Waals surface area contributed by atoms with Crippen molar-refractivity contribution in [1.82, 2.24) is 10.6 Å². The van der Waals surface area contributed by atoms with Crippen LogP contribution in [-0.2, 0) is 13.1 Å². The second-order valence-corrected chi connectivity index (χ2v) is 4.95. The van der Waals surface area contributed by atoms with Crippen LogP contribution < -0.4 is 20.1 Å². The van der Waals surface area contributed by atoms with Crippen LogP contribution in [0, 0.1) is 0 Å². The summed E-state index contributed by atoms with van der Waals surface area (Å²) < 4.78 is 10.7. The fraction of sp³-hybridized carbons (Fsp3) is 0.235. The number of hydrogen-bond acceptors (Lipinski definition) is 3. The number of ether oxygens (including phenoxy) is 2. The number of nitrogens with zero attached hydrogens (tertiary/aromatic N) is 1. The van der Waals surface area contributed by atoms with Gasteiger partial charge in [0.05, 0.1) is 0 Å². The Kier molecular flexibility index (Phi) is 6.52. The number of hydrogen-bond donors (Lipinski definition) is 2. The molecule has 5 nitrogen and oxygen atoms in total. The van der Waals surface area contributed by atoms with Crippen molar-refractivity contribution in [1.29, 1.82) is 0 Å². The predicted molar refractivity (Wildman–Crippen MR) is 101 cm³/mol. The van der Waals surface area contributed by atoms with Gasteiger partial charge in [-0.25, -0.2) is 0 Å². The van der Waals surface area contributed by atoms with E-state index in [0.29, 0.717) is 13.3 Å². The summed E-state index contributed by atoms with van der Waals surface area (Å²) in [4.78, 5) is 4.23. The number of benzene rings is 2. The zero-order valence-electron chi connectivity index (χ0n) is 12.9. The molecule has 2 aromatic carbocycles. The van der Waals surface area contributed by atoms with E-state index in [1.165, 1.54) is 5.56 Å². The van der Waals surface area contributed by atoms with Crippen LogP contribution in [-0.4, -0.2) is 19.8 Å². The normalized spacial score (nSPS) is 12.5. The molecule has 0 bridgehead atoms. The zero-order valence-corrected chi connectivity index (χ0v) is 15.2. The highest BCUT2D eigenvalue weighted by atomic mass is 127. The molecule has 0 atom stereocenters. The zero-order chi connectivity index (χ0) is 15.2. The van der Waals surface area contributed by atoms with Gasteiger partial charge in [-0.15, -0.1) is 24.0 Å². The maximum absolute atomic E-state index is 5.38. The van der Waals surface area contributed by atoms with Crippen molar-refractivity contribution in [2.24, 2.45) is 4.99 Å². The Morgan fingerprint density at radius 3 is 2.39 bits per heavy atom. The molecule has 0 aromatic heterocycles. The molecule has 0 spiro atoms. The monoisotopic (exact) mass is 425 g/mol. The van der Waals surface area contributed by atoms with Crippen LogP contribution in [0.4, 0.5) is 0 Å². The quantitative estimate of drug-likeness (QED) is 0.450. The molecule has 3 rings (SSSR count). The van der Waals surface area contributed by atoms with Crippen LogP contribution >= 0.6 is 24.0 Å². The van der Waals surface area contributed by atoms with Gasteiger partial charge in [0.1, 0.15) is 0 Å². The molecule has 2 N–H and O–H groups in total. The summed E-state index contributed by atoms with van der Waals surface area (Å²) in [6.45, 7) is 1.71. The SMILES string of the molecule is CN=C(NCc1ccccc1)NCc1ccc2c(c1)OCO2.I. The summed E-state index contributed by atoms with van der Waals surface area (Å²) in [6.07, 6.45) is 0. The molecule has 0 radical (unpaired) electrons. The second-order valence-electron chi connectivity index (χ2n) is 4.95. The molecule has 1 heterocycles. The first kappa shape index (κ1) is 17.4. The predicted octanol–water partition coefficient (Wildman–Crippen LogP) is 2.90. The number of rotatable bonds is 4. The Bertz CT molecular complexity index is 662. The van der Waals surface area contributed by atoms with Gasteiger partial charge >= 0.3 is 0 Å². The van der Waals surface area contributed by atoms with Crippen molar-refractivity contribution in [3.63, 3.8) is 0 Å². The minimum Gasteiger partial charge on any atom is -0.454 e. The Morgan fingerprint density at radius 1 is 0.957 bits per heavy atom. The largest absolute Gasteiger partial charge is 0.454 e. The lowest BCUT2D eigenvalue weighted by Gasteiger charge is -2.12. The van der Waals surface area contributed by atoms with Crippen LogP contribution in [0.1, 0.15) is 11.1 Å². The first-order chi connectivity index (χ1) is 10.8. The van der Waals surface area contributed by atoms with Crippen LogP contribution in [0.25, 0.3) is 0 Å². The highest BCUT2D eigenvalue weighted by Crippen LogP contribution is 2.32. The van der Waals surface area contributed by atoms with Crippen LogP contribution in [0.2, 0.25) is 0 Å². The minimum atomic E-state index is 0. The first-order valence-corrected chi connectivity index (χ1v) is 7.22. The highest BCUT2D eigenvalue weighted by molar-refractivity contribution is 14.0. The molecule has 1 aliphatic rings. The van der Waals surface area contributed by atoms with E-state index >= 15 is 0 Å². The summed E-state index contributed by atoms with van der Waals surface area (Å²) in [5, 5.41) is 6.58. The molecule has 0 unspecified atom stereocenters. The Hall–Kier alpha value is -1.96. The molecule has 2 aromatic rings. The van der Waals surface area contributed by atoms with E-state index < -0.39 is 0 Å². The van der Waals surface area contributed by atoms with E-state index in [1.807, 2.05) is 36.4 Å². The van der Waals surface area contributed by atoms with Crippen molar-refractivity contribution in [3.8, 4) is 11.5 Å². The maximum atomic E-state index is 5.38. The first-order valence-electron chi connectivity index (χ1n) is 7.22. The lowest BCUT2D eigenvalue weighted by Crippen LogP contribution is -2.36. The van der Waals surface area contributed by atoms with Crippen molar-refractivity contribution in [3.05, 3.63) is 59.7 Å². The average Bonchev–Trinajstić information content (AvgIpc) is 3.03. The van der Waals surface area contributed by atoms with Gasteiger partial charge in [0.2, 0.25) is 6.79 Å². The molecule has 122 valence electrons. The van der Waals surface area contributed by atoms with Crippen molar-refractivity contribution < 1.29 is 9.47 Å². The topological polar surface area (TPSA) is 54.9 Å². The smallest absolute Gasteiger partial charge is 0.231 e. The second kappa shape index (κ2) is 8.61. The molecular weight excluding hydrogens is 405 g/mol. The van der Waals surface area contributed by atoms with Crippen molar-refractivity contribution in [2.75, 3.05) is 13.8 Å². The number of halogens is 1. The summed E-state index contributed by atoms with van der Waals surface area (Å²) in [7, 11) is 1.76. The van der Waals surface area contributed by atoms with Gasteiger partial charge in [-0.2, -0.15) is 0 Å². The molecule has 1 aliphatic heterocycles. The summed E-state index contributed by atoms with van der Waals surface area (Å²) in [5.41, 5.74) is 2.33. The van der Waals surface area contributed by atoms with Crippen molar-refractivity contribution in [2.45, 2.75) is 13.1 Å². The lowest BCUT2D eigenvalue weighted by atomic mass is 10.2. The number of aliphatic imine (C=N–C) groups is 1. The van der Waals surface area contributed by atoms with Gasteiger partial charge < -0.3 is 20.1 Å². The third-order valence-corrected chi connectivity index (χ3v) is 3.42. The molecule has 0 saturated carbocycles. The summed E-state index contributed by atoms with van der Waals surface area (Å²) >= 11 is 0. The van der Waals surface area contributed by atoms with Gasteiger partial charge in [-0.3, -0.25) is 4.99 Å². The van der Waals surface area contributed by atoms with Gasteiger partial charge in [-0.1, -0.05) is 36.4 Å². The Morgan fingerprint density at radius 2 is 1.65 bits per heavy atom. The molecule has 0 saturated heterocycles. The van der Waals surface area contributed by atoms with E-state index in [1.54, 1.807) is 7.05 Å². The van der Waals surface area contributed by atoms with Crippen molar-refractivity contribution >= 4 is 29.9 Å². The summed E-state index contributed by atoms with van der Waals surface area (Å²) in [6, 6.07) is 16.2. The van der Waals surface area contributed by atoms with Gasteiger partial charge in [0, 0.05) is 20.1 Å². The molecule has 6 heteroatoms. The average molecular weight is 425 g/mol. The van der Waals surface area contributed by atoms with E-state index in [2.05, 4.69) is 27.8 Å². The molecular formula is C17H20IN3O2. The third kappa shape index (κ3) is 4.75. The number of nitrogens with one attached hydrogen (secondary N) is 2. The maximum Gasteiger partial charge on any atom is 0.231 e. The molecule has 0 fully saturated rings. The fourth-order valence-corrected chi connectivity index (χ4v) is 2.24. The van der Waals surface area contributed by atoms with Gasteiger partial charge in [-0.05, 0) is 23.3 Å². The van der Waals surface area contributed by atoms with Gasteiger partial charge in [0.25, 0.3) is 0 Å². The lowest BCUT2D eigenvalue weighted by molar-refractivity contribution is 0.174. The standard InChI is InChI=1S/C17H19N3O2.HI/c1-18-17(19-10-13-5-3-2-4-6-13)20-11-14-7-8-15-16(9-14)22-12-21-15;/h2-9H,10-12H2,1H3,(H2,18,19,20);1H. The number of guanidine groups is 1. The van der Waals surface area contributed by atoms with E-state index in [4.69, 9.17) is 9.47 Å². The van der Waals surface area contributed by atoms with E-state index in [9.17, 15) is 0 Å². The third-order valence-electron chi connectivity index (χ3n) is 3.42. The van der Waals surface area contributed by atoms with Crippen LogP contribution in [0.15, 0.2) is 53.5 Å². The fourth-order valence-electron chi connectivity index (χ4n) is 2.24. The molecule has 23 heavy (non-hydrogen) atoms. The highest BCUT2D eigenvalue weighted by Gasteiger charge is 2.13. The van der Waals surface area contributed by atoms with Gasteiger partial charge in [0.15, 0.2) is 17.5 Å². The van der Waals surface area contributed by atoms with E-state index in [-0.39, 0.29) is 24.0 Å². The molecule has 0 amide bonds. The summed E-state index contributed by atoms with van der Waals surface area (Å²) in [5.74, 6) is 2.36. The van der Waals surface area contributed by atoms with Crippen LogP contribution in [0.5, 0.6) is 11.5 Å². The Labute approximate surface area is 153 Å². The number of fused-ring (bicyclic) bond motifs is 1. The molecule has 0 aliphatic carbocycles. The minimum absolute atomic E-state index is 0. The van der Waals surface area contributed by atoms with Crippen LogP contribution in [0.3, 0.4) is 0 Å².